The number of nitrogens with zero attached hydrogens (tertiary/aromatic N) is 1. The van der Waals surface area contributed by atoms with E-state index < -0.39 is 11.7 Å². The standard InChI is InChI=1S/C26H19ClFN3O3S/c27-21-6-3-7-22(28)20(21)16-34-18-12-10-17(11-13-18)15-29-31-25(32)19-5-1-2-8-23(19)30-26(33)24-9-4-14-35-24/h1-15H,16H2,(H,30,33)(H,31,32)/b29-15-. The fourth-order valence-corrected chi connectivity index (χ4v) is 3.92. The van der Waals surface area contributed by atoms with Crippen molar-refractivity contribution in [3.8, 4) is 5.75 Å². The lowest BCUT2D eigenvalue weighted by Crippen LogP contribution is -2.21. The van der Waals surface area contributed by atoms with Crippen LogP contribution in [0.1, 0.15) is 31.2 Å². The molecule has 1 aromatic heterocycles. The molecular weight excluding hydrogens is 489 g/mol. The van der Waals surface area contributed by atoms with Gasteiger partial charge in [-0.1, -0.05) is 35.9 Å². The third-order valence-electron chi connectivity index (χ3n) is 4.87. The molecule has 0 aliphatic heterocycles. The fraction of sp³-hybridized carbons (Fsp3) is 0.0385. The molecule has 0 atom stereocenters. The molecule has 176 valence electrons. The minimum absolute atomic E-state index is 0.00255. The number of carbonyl (C=O) groups excluding carboxylic acids is 2. The second-order valence-corrected chi connectivity index (χ2v) is 8.59. The van der Waals surface area contributed by atoms with E-state index in [1.165, 1.54) is 29.7 Å². The second-order valence-electron chi connectivity index (χ2n) is 7.23. The van der Waals surface area contributed by atoms with Crippen LogP contribution in [-0.2, 0) is 6.61 Å². The van der Waals surface area contributed by atoms with Gasteiger partial charge in [0.05, 0.1) is 27.4 Å². The van der Waals surface area contributed by atoms with Crippen molar-refractivity contribution in [2.75, 3.05) is 5.32 Å². The molecule has 4 rings (SSSR count). The minimum atomic E-state index is -0.468. The quantitative estimate of drug-likeness (QED) is 0.222. The third-order valence-corrected chi connectivity index (χ3v) is 6.09. The Hall–Kier alpha value is -4.01. The summed E-state index contributed by atoms with van der Waals surface area (Å²) in [6, 6.07) is 21.5. The van der Waals surface area contributed by atoms with Gasteiger partial charge < -0.3 is 10.1 Å². The van der Waals surface area contributed by atoms with E-state index in [1.54, 1.807) is 72.1 Å². The first kappa shape index (κ1) is 24.1. The smallest absolute Gasteiger partial charge is 0.273 e. The third kappa shape index (κ3) is 6.32. The van der Waals surface area contributed by atoms with Gasteiger partial charge in [-0.25, -0.2) is 9.82 Å². The number of hydrogen-bond acceptors (Lipinski definition) is 5. The van der Waals surface area contributed by atoms with Gasteiger partial charge in [-0.05, 0) is 65.5 Å². The number of thiophene rings is 1. The Kier molecular flexibility index (Phi) is 7.87. The zero-order valence-corrected chi connectivity index (χ0v) is 19.8. The van der Waals surface area contributed by atoms with E-state index >= 15 is 0 Å². The highest BCUT2D eigenvalue weighted by Crippen LogP contribution is 2.22. The lowest BCUT2D eigenvalue weighted by Gasteiger charge is -2.09. The Morgan fingerprint density at radius 3 is 2.51 bits per heavy atom. The maximum Gasteiger partial charge on any atom is 0.273 e. The van der Waals surface area contributed by atoms with Gasteiger partial charge in [0.1, 0.15) is 18.2 Å². The van der Waals surface area contributed by atoms with Gasteiger partial charge in [-0.2, -0.15) is 5.10 Å². The van der Waals surface area contributed by atoms with Gasteiger partial charge >= 0.3 is 0 Å². The van der Waals surface area contributed by atoms with Crippen LogP contribution in [0.15, 0.2) is 89.3 Å². The summed E-state index contributed by atoms with van der Waals surface area (Å²) in [4.78, 5) is 25.5. The van der Waals surface area contributed by atoms with Gasteiger partial charge in [0.2, 0.25) is 0 Å². The van der Waals surface area contributed by atoms with Gasteiger partial charge in [0.15, 0.2) is 0 Å². The zero-order chi connectivity index (χ0) is 24.6. The van der Waals surface area contributed by atoms with Crippen LogP contribution in [0.4, 0.5) is 10.1 Å². The molecule has 6 nitrogen and oxygen atoms in total. The van der Waals surface area contributed by atoms with Crippen molar-refractivity contribution in [1.82, 2.24) is 5.43 Å². The van der Waals surface area contributed by atoms with Crippen LogP contribution in [0, 0.1) is 5.82 Å². The SMILES string of the molecule is O=C(Nc1ccccc1C(=O)N/N=C\c1ccc(OCc2c(F)cccc2Cl)cc1)c1cccs1. The molecule has 0 spiro atoms. The number of halogens is 2. The number of hydrogen-bond donors (Lipinski definition) is 2. The summed E-state index contributed by atoms with van der Waals surface area (Å²) in [7, 11) is 0. The maximum atomic E-state index is 13.9. The van der Waals surface area contributed by atoms with Crippen LogP contribution in [-0.4, -0.2) is 18.0 Å². The summed E-state index contributed by atoms with van der Waals surface area (Å²) in [5.41, 5.74) is 4.13. The first-order valence-electron chi connectivity index (χ1n) is 10.4. The molecular formula is C26H19ClFN3O3S. The summed E-state index contributed by atoms with van der Waals surface area (Å²) in [6.45, 7) is -0.00255. The molecule has 0 saturated heterocycles. The Morgan fingerprint density at radius 2 is 1.77 bits per heavy atom. The van der Waals surface area contributed by atoms with E-state index in [1.807, 2.05) is 0 Å². The summed E-state index contributed by atoms with van der Waals surface area (Å²) < 4.78 is 19.5. The molecule has 1 heterocycles. The van der Waals surface area contributed by atoms with Gasteiger partial charge in [-0.15, -0.1) is 11.3 Å². The summed E-state index contributed by atoms with van der Waals surface area (Å²) in [6.07, 6.45) is 1.47. The number of ether oxygens (including phenoxy) is 1. The monoisotopic (exact) mass is 507 g/mol. The van der Waals surface area contributed by atoms with Gasteiger partial charge in [0.25, 0.3) is 11.8 Å². The second kappa shape index (κ2) is 11.4. The molecule has 9 heteroatoms. The van der Waals surface area contributed by atoms with E-state index in [4.69, 9.17) is 16.3 Å². The summed E-state index contributed by atoms with van der Waals surface area (Å²) in [5, 5.41) is 8.85. The van der Waals surface area contributed by atoms with Crippen LogP contribution in [0.5, 0.6) is 5.75 Å². The summed E-state index contributed by atoms with van der Waals surface area (Å²) >= 11 is 7.33. The summed E-state index contributed by atoms with van der Waals surface area (Å²) in [5.74, 6) is -0.654. The van der Waals surface area contributed by atoms with E-state index in [0.29, 0.717) is 26.9 Å². The highest BCUT2D eigenvalue weighted by atomic mass is 35.5. The fourth-order valence-electron chi connectivity index (χ4n) is 3.08. The number of nitrogens with one attached hydrogen (secondary N) is 2. The highest BCUT2D eigenvalue weighted by Gasteiger charge is 2.14. The molecule has 0 radical (unpaired) electrons. The van der Waals surface area contributed by atoms with Crippen molar-refractivity contribution in [1.29, 1.82) is 0 Å². The molecule has 0 saturated carbocycles. The van der Waals surface area contributed by atoms with Crippen molar-refractivity contribution in [2.24, 2.45) is 5.10 Å². The number of benzene rings is 3. The Bertz CT molecular complexity index is 1340. The normalized spacial score (nSPS) is 10.8. The highest BCUT2D eigenvalue weighted by molar-refractivity contribution is 7.12. The Balaban J connectivity index is 1.34. The number of rotatable bonds is 8. The van der Waals surface area contributed by atoms with Crippen LogP contribution < -0.4 is 15.5 Å². The van der Waals surface area contributed by atoms with Crippen LogP contribution in [0.3, 0.4) is 0 Å². The van der Waals surface area contributed by atoms with Crippen molar-refractivity contribution in [3.63, 3.8) is 0 Å². The number of carbonyl (C=O) groups is 2. The number of anilines is 1. The molecule has 0 unspecified atom stereocenters. The van der Waals surface area contributed by atoms with Crippen molar-refractivity contribution < 1.29 is 18.7 Å². The average molecular weight is 508 g/mol. The number of para-hydroxylation sites is 1. The van der Waals surface area contributed by atoms with Crippen molar-refractivity contribution in [3.05, 3.63) is 117 Å². The van der Waals surface area contributed by atoms with E-state index in [-0.39, 0.29) is 23.6 Å². The molecule has 35 heavy (non-hydrogen) atoms. The van der Waals surface area contributed by atoms with Gasteiger partial charge in [-0.3, -0.25) is 9.59 Å². The number of amides is 2. The predicted octanol–water partition coefficient (Wildman–Crippen LogP) is 6.14. The molecule has 2 amide bonds. The first-order chi connectivity index (χ1) is 17.0. The Morgan fingerprint density at radius 1 is 0.971 bits per heavy atom. The molecule has 4 aromatic rings. The first-order valence-corrected chi connectivity index (χ1v) is 11.7. The van der Waals surface area contributed by atoms with E-state index in [9.17, 15) is 14.0 Å². The molecule has 3 aromatic carbocycles. The minimum Gasteiger partial charge on any atom is -0.489 e. The molecule has 0 aliphatic rings. The van der Waals surface area contributed by atoms with Crippen molar-refractivity contribution >= 4 is 46.7 Å². The molecule has 0 aliphatic carbocycles. The lowest BCUT2D eigenvalue weighted by atomic mass is 10.1. The van der Waals surface area contributed by atoms with E-state index in [2.05, 4.69) is 15.8 Å². The Labute approximate surface area is 210 Å². The van der Waals surface area contributed by atoms with Gasteiger partial charge in [0, 0.05) is 5.56 Å². The lowest BCUT2D eigenvalue weighted by molar-refractivity contribution is 0.0956. The molecule has 0 fully saturated rings. The molecule has 0 bridgehead atoms. The van der Waals surface area contributed by atoms with E-state index in [0.717, 1.165) is 0 Å². The van der Waals surface area contributed by atoms with Crippen LogP contribution in [0.25, 0.3) is 0 Å². The predicted molar refractivity (Wildman–Crippen MR) is 136 cm³/mol. The zero-order valence-electron chi connectivity index (χ0n) is 18.2. The average Bonchev–Trinajstić information content (AvgIpc) is 3.40. The van der Waals surface area contributed by atoms with Crippen LogP contribution >= 0.6 is 22.9 Å². The van der Waals surface area contributed by atoms with Crippen LogP contribution in [0.2, 0.25) is 5.02 Å². The maximum absolute atomic E-state index is 13.9. The van der Waals surface area contributed by atoms with Crippen molar-refractivity contribution in [2.45, 2.75) is 6.61 Å². The largest absolute Gasteiger partial charge is 0.489 e. The number of hydrazone groups is 1. The topological polar surface area (TPSA) is 79.8 Å². The molecule has 2 N–H and O–H groups in total.